The number of benzene rings is 2. The Hall–Kier alpha value is -2.93. The van der Waals surface area contributed by atoms with E-state index < -0.39 is 5.97 Å². The minimum atomic E-state index is -1.01. The fourth-order valence-corrected chi connectivity index (χ4v) is 3.97. The predicted octanol–water partition coefficient (Wildman–Crippen LogP) is 5.75. The highest BCUT2D eigenvalue weighted by Gasteiger charge is 2.21. The van der Waals surface area contributed by atoms with Crippen LogP contribution < -0.4 is 11.1 Å². The average molecular weight is 518 g/mol. The number of carbonyl (C=O) groups excluding carboxylic acids is 1. The van der Waals surface area contributed by atoms with E-state index in [2.05, 4.69) is 43.4 Å². The van der Waals surface area contributed by atoms with Gasteiger partial charge in [-0.3, -0.25) is 9.78 Å². The van der Waals surface area contributed by atoms with Gasteiger partial charge < -0.3 is 16.2 Å². The Morgan fingerprint density at radius 1 is 0.971 bits per heavy atom. The lowest BCUT2D eigenvalue weighted by molar-refractivity contribution is -0.115. The van der Waals surface area contributed by atoms with Crippen molar-refractivity contribution < 1.29 is 14.7 Å². The molecule has 188 valence electrons. The van der Waals surface area contributed by atoms with Crippen molar-refractivity contribution in [3.05, 3.63) is 82.2 Å². The molecule has 1 aromatic heterocycles. The molecule has 8 heteroatoms. The van der Waals surface area contributed by atoms with E-state index in [4.69, 9.17) is 15.8 Å². The van der Waals surface area contributed by atoms with Crippen LogP contribution in [0.1, 0.15) is 52.3 Å². The monoisotopic (exact) mass is 517 g/mol. The Balaban J connectivity index is 0.00000306. The zero-order valence-electron chi connectivity index (χ0n) is 20.4. The van der Waals surface area contributed by atoms with Gasteiger partial charge >= 0.3 is 5.97 Å². The first-order valence-electron chi connectivity index (χ1n) is 11.1. The first-order valence-corrected chi connectivity index (χ1v) is 11.1. The smallest absolute Gasteiger partial charge is 0.335 e. The van der Waals surface area contributed by atoms with Crippen molar-refractivity contribution in [2.45, 2.75) is 47.1 Å². The van der Waals surface area contributed by atoms with Gasteiger partial charge in [-0.15, -0.1) is 24.8 Å². The second-order valence-electron chi connectivity index (χ2n) is 8.75. The molecule has 4 N–H and O–H groups in total. The van der Waals surface area contributed by atoms with Gasteiger partial charge in [-0.2, -0.15) is 0 Å². The van der Waals surface area contributed by atoms with E-state index in [0.717, 1.165) is 45.6 Å². The van der Waals surface area contributed by atoms with Crippen LogP contribution in [0.3, 0.4) is 0 Å². The molecule has 1 amide bonds. The quantitative estimate of drug-likeness (QED) is 0.352. The highest BCUT2D eigenvalue weighted by molar-refractivity contribution is 5.95. The number of aromatic nitrogens is 1. The SMILES string of the molecule is Cc1ccc(-c2c(CC(=O)Nc3ccc(C(=O)O)cc3)c(C)nc(CC(C)C)c2CN)cc1.Cl.Cl. The maximum atomic E-state index is 13.0. The molecule has 0 aliphatic carbocycles. The fraction of sp³-hybridized carbons (Fsp3) is 0.296. The number of anilines is 1. The van der Waals surface area contributed by atoms with Gasteiger partial charge in [0.2, 0.25) is 5.91 Å². The predicted molar refractivity (Wildman–Crippen MR) is 146 cm³/mol. The molecule has 35 heavy (non-hydrogen) atoms. The van der Waals surface area contributed by atoms with E-state index in [-0.39, 0.29) is 42.7 Å². The molecule has 0 saturated carbocycles. The highest BCUT2D eigenvalue weighted by atomic mass is 35.5. The molecular formula is C27H33Cl2N3O3. The molecule has 0 atom stereocenters. The number of halogens is 2. The normalized spacial score (nSPS) is 10.3. The maximum absolute atomic E-state index is 13.0. The van der Waals surface area contributed by atoms with Crippen molar-refractivity contribution in [1.29, 1.82) is 0 Å². The Morgan fingerprint density at radius 3 is 2.09 bits per heavy atom. The topological polar surface area (TPSA) is 105 Å². The summed E-state index contributed by atoms with van der Waals surface area (Å²) in [6.07, 6.45) is 0.951. The Kier molecular flexibility index (Phi) is 11.4. The molecule has 0 fully saturated rings. The second-order valence-corrected chi connectivity index (χ2v) is 8.75. The van der Waals surface area contributed by atoms with Crippen LogP contribution in [-0.4, -0.2) is 22.0 Å². The summed E-state index contributed by atoms with van der Waals surface area (Å²) in [5.74, 6) is -0.778. The number of carboxylic acid groups (broad SMARTS) is 1. The van der Waals surface area contributed by atoms with Crippen molar-refractivity contribution in [3.8, 4) is 11.1 Å². The van der Waals surface area contributed by atoms with E-state index in [9.17, 15) is 9.59 Å². The van der Waals surface area contributed by atoms with Gasteiger partial charge in [0, 0.05) is 23.6 Å². The zero-order chi connectivity index (χ0) is 24.1. The van der Waals surface area contributed by atoms with Crippen LogP contribution in [0.15, 0.2) is 48.5 Å². The Morgan fingerprint density at radius 2 is 1.57 bits per heavy atom. The van der Waals surface area contributed by atoms with Crippen molar-refractivity contribution in [2.75, 3.05) is 5.32 Å². The van der Waals surface area contributed by atoms with E-state index >= 15 is 0 Å². The molecule has 0 aliphatic heterocycles. The number of carboxylic acids is 1. The number of nitrogens with two attached hydrogens (primary N) is 1. The molecule has 6 nitrogen and oxygen atoms in total. The zero-order valence-corrected chi connectivity index (χ0v) is 22.1. The molecule has 0 radical (unpaired) electrons. The summed E-state index contributed by atoms with van der Waals surface area (Å²) >= 11 is 0. The molecule has 3 rings (SSSR count). The lowest BCUT2D eigenvalue weighted by atomic mass is 9.88. The average Bonchev–Trinajstić information content (AvgIpc) is 2.76. The van der Waals surface area contributed by atoms with E-state index in [1.807, 2.05) is 13.8 Å². The number of nitrogens with zero attached hydrogens (tertiary/aromatic N) is 1. The summed E-state index contributed by atoms with van der Waals surface area (Å²) in [6, 6.07) is 14.4. The number of hydrogen-bond donors (Lipinski definition) is 3. The van der Waals surface area contributed by atoms with Gasteiger partial charge in [-0.05, 0) is 72.7 Å². The lowest BCUT2D eigenvalue weighted by Gasteiger charge is -2.21. The molecule has 1 heterocycles. The molecule has 0 spiro atoms. The number of aromatic carboxylic acids is 1. The standard InChI is InChI=1S/C27H31N3O3.2ClH/c1-16(2)13-24-23(15-28)26(19-7-5-17(3)6-8-19)22(18(4)29-24)14-25(31)30-21-11-9-20(10-12-21)27(32)33;;/h5-12,16H,13-15,28H2,1-4H3,(H,30,31)(H,32,33);2*1H. The van der Waals surface area contributed by atoms with Crippen LogP contribution in [-0.2, 0) is 24.2 Å². The highest BCUT2D eigenvalue weighted by Crippen LogP contribution is 2.33. The third-order valence-electron chi connectivity index (χ3n) is 5.59. The van der Waals surface area contributed by atoms with Crippen molar-refractivity contribution in [3.63, 3.8) is 0 Å². The molecule has 0 unspecified atom stereocenters. The first kappa shape index (κ1) is 30.1. The largest absolute Gasteiger partial charge is 0.478 e. The first-order chi connectivity index (χ1) is 15.7. The minimum absolute atomic E-state index is 0. The summed E-state index contributed by atoms with van der Waals surface area (Å²) in [5, 5.41) is 11.9. The lowest BCUT2D eigenvalue weighted by Crippen LogP contribution is -2.19. The fourth-order valence-electron chi connectivity index (χ4n) is 3.97. The number of amides is 1. The number of aryl methyl sites for hydroxylation is 2. The van der Waals surface area contributed by atoms with Gasteiger partial charge in [0.1, 0.15) is 0 Å². The number of hydrogen-bond acceptors (Lipinski definition) is 4. The summed E-state index contributed by atoms with van der Waals surface area (Å²) in [4.78, 5) is 28.9. The van der Waals surface area contributed by atoms with Crippen LogP contribution in [0.4, 0.5) is 5.69 Å². The van der Waals surface area contributed by atoms with E-state index in [1.165, 1.54) is 12.1 Å². The maximum Gasteiger partial charge on any atom is 0.335 e. The molecule has 2 aromatic carbocycles. The van der Waals surface area contributed by atoms with Crippen LogP contribution in [0.5, 0.6) is 0 Å². The van der Waals surface area contributed by atoms with Crippen LogP contribution in [0.2, 0.25) is 0 Å². The summed E-state index contributed by atoms with van der Waals surface area (Å²) in [7, 11) is 0. The van der Waals surface area contributed by atoms with Gasteiger partial charge in [0.25, 0.3) is 0 Å². The van der Waals surface area contributed by atoms with Crippen LogP contribution >= 0.6 is 24.8 Å². The van der Waals surface area contributed by atoms with Gasteiger partial charge in [0.05, 0.1) is 12.0 Å². The number of carbonyl (C=O) groups is 2. The second kappa shape index (κ2) is 13.2. The number of nitrogens with one attached hydrogen (secondary N) is 1. The third kappa shape index (κ3) is 7.52. The minimum Gasteiger partial charge on any atom is -0.478 e. The Labute approximate surface area is 219 Å². The van der Waals surface area contributed by atoms with E-state index in [0.29, 0.717) is 18.2 Å². The van der Waals surface area contributed by atoms with Crippen LogP contribution in [0.25, 0.3) is 11.1 Å². The van der Waals surface area contributed by atoms with Gasteiger partial charge in [0.15, 0.2) is 0 Å². The van der Waals surface area contributed by atoms with Gasteiger partial charge in [-0.25, -0.2) is 4.79 Å². The molecule has 3 aromatic rings. The number of rotatable bonds is 8. The Bertz CT molecular complexity index is 1160. The molecule has 0 bridgehead atoms. The van der Waals surface area contributed by atoms with Crippen LogP contribution in [0, 0.1) is 19.8 Å². The van der Waals surface area contributed by atoms with Crippen molar-refractivity contribution in [1.82, 2.24) is 4.98 Å². The summed E-state index contributed by atoms with van der Waals surface area (Å²) in [6.45, 7) is 8.62. The molecular weight excluding hydrogens is 485 g/mol. The third-order valence-corrected chi connectivity index (χ3v) is 5.59. The van der Waals surface area contributed by atoms with Crippen molar-refractivity contribution in [2.24, 2.45) is 11.7 Å². The summed E-state index contributed by atoms with van der Waals surface area (Å²) < 4.78 is 0. The number of pyridine rings is 1. The van der Waals surface area contributed by atoms with E-state index in [1.54, 1.807) is 12.1 Å². The van der Waals surface area contributed by atoms with Crippen molar-refractivity contribution >= 4 is 42.4 Å². The molecule has 0 aliphatic rings. The summed E-state index contributed by atoms with van der Waals surface area (Å²) in [5.41, 5.74) is 13.7. The molecule has 0 saturated heterocycles. The van der Waals surface area contributed by atoms with Gasteiger partial charge in [-0.1, -0.05) is 43.7 Å².